The molecule has 9 heteroatoms. The monoisotopic (exact) mass is 480 g/mol. The molecule has 144 valence electrons. The maximum absolute atomic E-state index is 12.6. The predicted molar refractivity (Wildman–Crippen MR) is 108 cm³/mol. The lowest BCUT2D eigenvalue weighted by molar-refractivity contribution is -0.0505. The van der Waals surface area contributed by atoms with E-state index in [4.69, 9.17) is 4.74 Å². The second kappa shape index (κ2) is 11.6. The summed E-state index contributed by atoms with van der Waals surface area (Å²) in [4.78, 5) is 4.12. The number of nitrogens with zero attached hydrogens (tertiary/aromatic N) is 2. The molecule has 0 aliphatic heterocycles. The number of methoxy groups -OCH3 is 1. The fourth-order valence-electron chi connectivity index (χ4n) is 2.24. The molecule has 0 radical (unpaired) electrons. The number of aromatic nitrogens is 1. The van der Waals surface area contributed by atoms with Crippen molar-refractivity contribution < 1.29 is 18.3 Å². The van der Waals surface area contributed by atoms with Gasteiger partial charge in [0.1, 0.15) is 11.5 Å². The van der Waals surface area contributed by atoms with Crippen LogP contribution in [0.15, 0.2) is 47.7 Å². The molecule has 0 spiro atoms. The van der Waals surface area contributed by atoms with Crippen LogP contribution < -0.4 is 20.1 Å². The molecule has 0 atom stereocenters. The van der Waals surface area contributed by atoms with Gasteiger partial charge in [-0.2, -0.15) is 8.78 Å². The summed E-state index contributed by atoms with van der Waals surface area (Å²) in [5.74, 6) is 1.10. The molecule has 2 N–H and O–H groups in total. The van der Waals surface area contributed by atoms with Gasteiger partial charge in [-0.25, -0.2) is 0 Å². The molecule has 0 saturated carbocycles. The normalized spacial score (nSPS) is 11.0. The van der Waals surface area contributed by atoms with Crippen molar-refractivity contribution in [1.82, 2.24) is 15.2 Å². The van der Waals surface area contributed by atoms with E-state index in [9.17, 15) is 8.78 Å². The summed E-state index contributed by atoms with van der Waals surface area (Å²) < 4.78 is 36.8. The lowest BCUT2D eigenvalue weighted by atomic mass is 10.2. The summed E-state index contributed by atoms with van der Waals surface area (Å²) in [7, 11) is 3.12. The standard InChI is InChI=1S/C17H22F2N4O2.HI/c1-20-17(21-7-10-23-8-3-4-9-23)22-12-13-5-6-14(24-2)11-15(13)25-16(18)19;/h3-6,8-9,11,16H,7,10,12H2,1-2H3,(H2,20,21,22);1H. The van der Waals surface area contributed by atoms with Gasteiger partial charge in [-0.05, 0) is 24.3 Å². The van der Waals surface area contributed by atoms with Gasteiger partial charge in [0.05, 0.1) is 7.11 Å². The SMILES string of the molecule is CN=C(NCCn1cccc1)NCc1ccc(OC)cc1OC(F)F.I. The zero-order valence-corrected chi connectivity index (χ0v) is 16.9. The van der Waals surface area contributed by atoms with Gasteiger partial charge in [0.2, 0.25) is 0 Å². The van der Waals surface area contributed by atoms with E-state index in [1.54, 1.807) is 19.2 Å². The number of halogens is 3. The third kappa shape index (κ3) is 7.06. The molecule has 0 unspecified atom stereocenters. The van der Waals surface area contributed by atoms with Crippen LogP contribution in [0.25, 0.3) is 0 Å². The van der Waals surface area contributed by atoms with Crippen molar-refractivity contribution in [2.45, 2.75) is 19.7 Å². The first-order valence-electron chi connectivity index (χ1n) is 7.79. The van der Waals surface area contributed by atoms with Crippen molar-refractivity contribution >= 4 is 29.9 Å². The molecule has 2 rings (SSSR count). The molecule has 1 aromatic heterocycles. The number of nitrogens with one attached hydrogen (secondary N) is 2. The van der Waals surface area contributed by atoms with E-state index in [1.807, 2.05) is 29.1 Å². The van der Waals surface area contributed by atoms with Crippen molar-refractivity contribution in [3.05, 3.63) is 48.3 Å². The summed E-state index contributed by atoms with van der Waals surface area (Å²) in [6.45, 7) is -1.15. The molecule has 1 heterocycles. The van der Waals surface area contributed by atoms with Gasteiger partial charge in [-0.15, -0.1) is 24.0 Å². The number of guanidine groups is 1. The average molecular weight is 480 g/mol. The van der Waals surface area contributed by atoms with Gasteiger partial charge in [0.15, 0.2) is 5.96 Å². The van der Waals surface area contributed by atoms with Crippen LogP contribution in [0, 0.1) is 0 Å². The lowest BCUT2D eigenvalue weighted by Gasteiger charge is -2.15. The first kappa shape index (κ1) is 22.0. The van der Waals surface area contributed by atoms with Crippen LogP contribution in [0.4, 0.5) is 8.78 Å². The van der Waals surface area contributed by atoms with Gasteiger partial charge in [-0.1, -0.05) is 0 Å². The fraction of sp³-hybridized carbons (Fsp3) is 0.353. The van der Waals surface area contributed by atoms with Crippen LogP contribution in [0.5, 0.6) is 11.5 Å². The lowest BCUT2D eigenvalue weighted by Crippen LogP contribution is -2.38. The molecular formula is C17H23F2IN4O2. The average Bonchev–Trinajstić information content (AvgIpc) is 3.11. The molecule has 0 amide bonds. The minimum Gasteiger partial charge on any atom is -0.497 e. The second-order valence-electron chi connectivity index (χ2n) is 5.13. The topological polar surface area (TPSA) is 59.8 Å². The zero-order chi connectivity index (χ0) is 18.1. The maximum Gasteiger partial charge on any atom is 0.387 e. The number of hydrogen-bond acceptors (Lipinski definition) is 3. The van der Waals surface area contributed by atoms with Gasteiger partial charge in [0, 0.05) is 50.7 Å². The summed E-state index contributed by atoms with van der Waals surface area (Å²) in [5, 5.41) is 6.25. The Morgan fingerprint density at radius 2 is 1.96 bits per heavy atom. The second-order valence-corrected chi connectivity index (χ2v) is 5.13. The number of rotatable bonds is 8. The first-order valence-corrected chi connectivity index (χ1v) is 7.79. The van der Waals surface area contributed by atoms with Crippen LogP contribution in [0.1, 0.15) is 5.56 Å². The number of hydrogen-bond donors (Lipinski definition) is 2. The predicted octanol–water partition coefficient (Wildman–Crippen LogP) is 3.08. The van der Waals surface area contributed by atoms with Crippen LogP contribution in [0.3, 0.4) is 0 Å². The van der Waals surface area contributed by atoms with Crippen molar-refractivity contribution in [2.24, 2.45) is 4.99 Å². The Balaban J connectivity index is 0.00000338. The molecule has 2 aromatic rings. The molecule has 0 aliphatic rings. The minimum atomic E-state index is -2.90. The molecule has 1 aromatic carbocycles. The van der Waals surface area contributed by atoms with E-state index < -0.39 is 6.61 Å². The Morgan fingerprint density at radius 1 is 1.23 bits per heavy atom. The summed E-state index contributed by atoms with van der Waals surface area (Å²) in [6, 6.07) is 8.72. The highest BCUT2D eigenvalue weighted by atomic mass is 127. The highest BCUT2D eigenvalue weighted by molar-refractivity contribution is 14.0. The molecule has 0 saturated heterocycles. The van der Waals surface area contributed by atoms with Crippen molar-refractivity contribution in [1.29, 1.82) is 0 Å². The number of aliphatic imine (C=N–C) groups is 1. The van der Waals surface area contributed by atoms with Crippen LogP contribution in [-0.4, -0.2) is 37.8 Å². The smallest absolute Gasteiger partial charge is 0.387 e. The third-order valence-electron chi connectivity index (χ3n) is 3.49. The van der Waals surface area contributed by atoms with Gasteiger partial charge >= 0.3 is 6.61 Å². The van der Waals surface area contributed by atoms with Gasteiger partial charge in [0.25, 0.3) is 0 Å². The van der Waals surface area contributed by atoms with Crippen molar-refractivity contribution in [3.8, 4) is 11.5 Å². The molecule has 6 nitrogen and oxygen atoms in total. The van der Waals surface area contributed by atoms with E-state index >= 15 is 0 Å². The van der Waals surface area contributed by atoms with Crippen molar-refractivity contribution in [3.63, 3.8) is 0 Å². The largest absolute Gasteiger partial charge is 0.497 e. The Kier molecular flexibility index (Phi) is 9.78. The van der Waals surface area contributed by atoms with Gasteiger partial charge in [-0.3, -0.25) is 4.99 Å². The van der Waals surface area contributed by atoms with Gasteiger partial charge < -0.3 is 24.7 Å². The first-order chi connectivity index (χ1) is 12.1. The molecule has 0 fully saturated rings. The van der Waals surface area contributed by atoms with Crippen LogP contribution >= 0.6 is 24.0 Å². The van der Waals surface area contributed by atoms with Crippen molar-refractivity contribution in [2.75, 3.05) is 20.7 Å². The quantitative estimate of drug-likeness (QED) is 0.347. The molecule has 0 bridgehead atoms. The fourth-order valence-corrected chi connectivity index (χ4v) is 2.24. The van der Waals surface area contributed by atoms with E-state index in [-0.39, 0.29) is 36.3 Å². The van der Waals surface area contributed by atoms with E-state index in [0.29, 0.717) is 23.8 Å². The Bertz CT molecular complexity index is 681. The third-order valence-corrected chi connectivity index (χ3v) is 3.49. The van der Waals surface area contributed by atoms with E-state index in [2.05, 4.69) is 20.4 Å². The maximum atomic E-state index is 12.6. The number of benzene rings is 1. The Hall–Kier alpha value is -2.04. The number of alkyl halides is 2. The highest BCUT2D eigenvalue weighted by Crippen LogP contribution is 2.26. The Labute approximate surface area is 168 Å². The zero-order valence-electron chi connectivity index (χ0n) is 14.6. The molecule has 0 aliphatic carbocycles. The number of ether oxygens (including phenoxy) is 2. The molecular weight excluding hydrogens is 457 g/mol. The van der Waals surface area contributed by atoms with Crippen LogP contribution in [-0.2, 0) is 13.1 Å². The summed E-state index contributed by atoms with van der Waals surface area (Å²) >= 11 is 0. The van der Waals surface area contributed by atoms with E-state index in [0.717, 1.165) is 6.54 Å². The summed E-state index contributed by atoms with van der Waals surface area (Å²) in [6.07, 6.45) is 3.95. The van der Waals surface area contributed by atoms with E-state index in [1.165, 1.54) is 13.2 Å². The highest BCUT2D eigenvalue weighted by Gasteiger charge is 2.11. The minimum absolute atomic E-state index is 0. The molecule has 26 heavy (non-hydrogen) atoms. The van der Waals surface area contributed by atoms with Crippen LogP contribution in [0.2, 0.25) is 0 Å². The Morgan fingerprint density at radius 3 is 2.58 bits per heavy atom. The summed E-state index contributed by atoms with van der Waals surface area (Å²) in [5.41, 5.74) is 0.578.